The van der Waals surface area contributed by atoms with Gasteiger partial charge in [-0.15, -0.1) is 0 Å². The molecule has 0 amide bonds. The molecule has 1 unspecified atom stereocenters. The van der Waals surface area contributed by atoms with Crippen molar-refractivity contribution in [3.8, 4) is 0 Å². The van der Waals surface area contributed by atoms with Crippen LogP contribution in [0.25, 0.3) is 0 Å². The maximum absolute atomic E-state index is 3.45. The van der Waals surface area contributed by atoms with E-state index in [1.54, 1.807) is 0 Å². The minimum absolute atomic E-state index is 0.714. The first kappa shape index (κ1) is 11.0. The van der Waals surface area contributed by atoms with Gasteiger partial charge in [-0.2, -0.15) is 0 Å². The fourth-order valence-corrected chi connectivity index (χ4v) is 1.15. The predicted molar refractivity (Wildman–Crippen MR) is 51.3 cm³/mol. The quantitative estimate of drug-likeness (QED) is 0.558. The Bertz CT molecular complexity index is 71.3. The first-order chi connectivity index (χ1) is 5.35. The first-order valence-corrected chi connectivity index (χ1v) is 4.92. The predicted octanol–water partition coefficient (Wildman–Crippen LogP) is 3.12. The minimum Gasteiger partial charge on any atom is -0.310 e. The standard InChI is InChI=1S/C10H22N/c1-4-7-9-11-10(6-3)8-5-2/h9-11H,4-8H2,1-3H3. The van der Waals surface area contributed by atoms with E-state index in [0.29, 0.717) is 6.04 Å². The molecule has 0 fully saturated rings. The molecule has 0 saturated carbocycles. The molecule has 1 nitrogen and oxygen atoms in total. The first-order valence-electron chi connectivity index (χ1n) is 4.92. The molecule has 0 spiro atoms. The van der Waals surface area contributed by atoms with Gasteiger partial charge in [0, 0.05) is 12.6 Å². The van der Waals surface area contributed by atoms with Crippen molar-refractivity contribution in [2.75, 3.05) is 0 Å². The molecule has 0 aliphatic rings. The second-order valence-electron chi connectivity index (χ2n) is 3.05. The summed E-state index contributed by atoms with van der Waals surface area (Å²) in [5, 5.41) is 3.45. The smallest absolute Gasteiger partial charge is 0.0223 e. The average molecular weight is 156 g/mol. The highest BCUT2D eigenvalue weighted by Gasteiger charge is 2.01. The van der Waals surface area contributed by atoms with Crippen molar-refractivity contribution in [2.45, 2.75) is 58.9 Å². The van der Waals surface area contributed by atoms with Gasteiger partial charge in [0.2, 0.25) is 0 Å². The van der Waals surface area contributed by atoms with Crippen molar-refractivity contribution >= 4 is 0 Å². The number of hydrogen-bond donors (Lipinski definition) is 1. The van der Waals surface area contributed by atoms with Crippen LogP contribution in [0.3, 0.4) is 0 Å². The highest BCUT2D eigenvalue weighted by Crippen LogP contribution is 2.02. The van der Waals surface area contributed by atoms with Crippen LogP contribution in [-0.4, -0.2) is 6.04 Å². The molecule has 0 saturated heterocycles. The van der Waals surface area contributed by atoms with Gasteiger partial charge in [0.15, 0.2) is 0 Å². The second kappa shape index (κ2) is 8.06. The summed E-state index contributed by atoms with van der Waals surface area (Å²) in [7, 11) is 0. The lowest BCUT2D eigenvalue weighted by molar-refractivity contribution is 0.491. The summed E-state index contributed by atoms with van der Waals surface area (Å²) in [5.74, 6) is 0. The van der Waals surface area contributed by atoms with Crippen LogP contribution in [0.15, 0.2) is 0 Å². The summed E-state index contributed by atoms with van der Waals surface area (Å²) in [6, 6.07) is 0.714. The molecule has 0 aromatic rings. The molecule has 0 aliphatic carbocycles. The Morgan fingerprint density at radius 1 is 1.18 bits per heavy atom. The molecular formula is C10H22N. The Kier molecular flexibility index (Phi) is 8.03. The Morgan fingerprint density at radius 3 is 2.36 bits per heavy atom. The monoisotopic (exact) mass is 156 g/mol. The Hall–Kier alpha value is -0.0400. The van der Waals surface area contributed by atoms with Crippen molar-refractivity contribution in [3.05, 3.63) is 6.54 Å². The van der Waals surface area contributed by atoms with Crippen LogP contribution >= 0.6 is 0 Å². The minimum atomic E-state index is 0.714. The van der Waals surface area contributed by atoms with Crippen molar-refractivity contribution in [3.63, 3.8) is 0 Å². The van der Waals surface area contributed by atoms with Crippen LogP contribution in [0.2, 0.25) is 0 Å². The fraction of sp³-hybridized carbons (Fsp3) is 0.900. The number of nitrogens with one attached hydrogen (secondary N) is 1. The highest BCUT2D eigenvalue weighted by molar-refractivity contribution is 4.70. The second-order valence-corrected chi connectivity index (χ2v) is 3.05. The molecule has 1 heteroatoms. The lowest BCUT2D eigenvalue weighted by Gasteiger charge is -2.14. The molecule has 0 aromatic carbocycles. The van der Waals surface area contributed by atoms with Crippen molar-refractivity contribution in [1.82, 2.24) is 5.32 Å². The van der Waals surface area contributed by atoms with Crippen LogP contribution in [0.1, 0.15) is 52.9 Å². The summed E-state index contributed by atoms with van der Waals surface area (Å²) in [4.78, 5) is 0. The Morgan fingerprint density at radius 2 is 1.91 bits per heavy atom. The zero-order chi connectivity index (χ0) is 8.53. The summed E-state index contributed by atoms with van der Waals surface area (Å²) >= 11 is 0. The lowest BCUT2D eigenvalue weighted by Crippen LogP contribution is -2.25. The molecule has 0 bridgehead atoms. The van der Waals surface area contributed by atoms with E-state index in [4.69, 9.17) is 0 Å². The van der Waals surface area contributed by atoms with E-state index in [1.807, 2.05) is 0 Å². The molecule has 0 aliphatic heterocycles. The van der Waals surface area contributed by atoms with Gasteiger partial charge in [0.25, 0.3) is 0 Å². The maximum Gasteiger partial charge on any atom is 0.0223 e. The zero-order valence-corrected chi connectivity index (χ0v) is 8.19. The largest absolute Gasteiger partial charge is 0.310 e. The molecule has 0 aromatic heterocycles. The lowest BCUT2D eigenvalue weighted by atomic mass is 10.1. The van der Waals surface area contributed by atoms with Crippen LogP contribution in [0.4, 0.5) is 0 Å². The Labute approximate surface area is 71.6 Å². The van der Waals surface area contributed by atoms with Gasteiger partial charge in [-0.25, -0.2) is 0 Å². The molecule has 1 N–H and O–H groups in total. The Balaban J connectivity index is 3.20. The van der Waals surface area contributed by atoms with Crippen LogP contribution in [0.5, 0.6) is 0 Å². The van der Waals surface area contributed by atoms with Crippen molar-refractivity contribution < 1.29 is 0 Å². The van der Waals surface area contributed by atoms with Gasteiger partial charge < -0.3 is 5.32 Å². The fourth-order valence-electron chi connectivity index (χ4n) is 1.15. The molecule has 1 atom stereocenters. The molecular weight excluding hydrogens is 134 g/mol. The number of unbranched alkanes of at least 4 members (excludes halogenated alkanes) is 1. The normalized spacial score (nSPS) is 13.4. The van der Waals surface area contributed by atoms with E-state index in [2.05, 4.69) is 32.6 Å². The van der Waals surface area contributed by atoms with Crippen LogP contribution < -0.4 is 5.32 Å². The van der Waals surface area contributed by atoms with Gasteiger partial charge in [-0.3, -0.25) is 0 Å². The summed E-state index contributed by atoms with van der Waals surface area (Å²) in [6.45, 7) is 8.90. The molecule has 67 valence electrons. The molecule has 0 heterocycles. The third-order valence-corrected chi connectivity index (χ3v) is 1.92. The van der Waals surface area contributed by atoms with E-state index in [9.17, 15) is 0 Å². The SMILES string of the molecule is CCC[CH]NC(CC)CCC. The molecule has 1 radical (unpaired) electrons. The van der Waals surface area contributed by atoms with Crippen LogP contribution in [-0.2, 0) is 0 Å². The van der Waals surface area contributed by atoms with Gasteiger partial charge in [-0.05, 0) is 19.3 Å². The van der Waals surface area contributed by atoms with E-state index in [0.717, 1.165) is 0 Å². The summed E-state index contributed by atoms with van der Waals surface area (Å²) in [6.07, 6.45) is 6.27. The third-order valence-electron chi connectivity index (χ3n) is 1.92. The van der Waals surface area contributed by atoms with Crippen molar-refractivity contribution in [1.29, 1.82) is 0 Å². The highest BCUT2D eigenvalue weighted by atomic mass is 14.9. The van der Waals surface area contributed by atoms with Gasteiger partial charge in [0.05, 0.1) is 0 Å². The average Bonchev–Trinajstić information content (AvgIpc) is 2.03. The van der Waals surface area contributed by atoms with Crippen molar-refractivity contribution in [2.24, 2.45) is 0 Å². The topological polar surface area (TPSA) is 12.0 Å². The number of rotatable bonds is 7. The number of hydrogen-bond acceptors (Lipinski definition) is 1. The molecule has 11 heavy (non-hydrogen) atoms. The maximum atomic E-state index is 3.45. The van der Waals surface area contributed by atoms with Gasteiger partial charge in [0.1, 0.15) is 0 Å². The van der Waals surface area contributed by atoms with Crippen LogP contribution in [0, 0.1) is 6.54 Å². The van der Waals surface area contributed by atoms with E-state index in [1.165, 1.54) is 32.1 Å². The van der Waals surface area contributed by atoms with E-state index < -0.39 is 0 Å². The van der Waals surface area contributed by atoms with E-state index in [-0.39, 0.29) is 0 Å². The summed E-state index contributed by atoms with van der Waals surface area (Å²) < 4.78 is 0. The van der Waals surface area contributed by atoms with E-state index >= 15 is 0 Å². The van der Waals surface area contributed by atoms with Gasteiger partial charge in [-0.1, -0.05) is 33.6 Å². The third kappa shape index (κ3) is 6.36. The summed E-state index contributed by atoms with van der Waals surface area (Å²) in [5.41, 5.74) is 0. The molecule has 0 rings (SSSR count). The zero-order valence-electron chi connectivity index (χ0n) is 8.19. The van der Waals surface area contributed by atoms with Gasteiger partial charge >= 0.3 is 0 Å².